The predicted octanol–water partition coefficient (Wildman–Crippen LogP) is 11.9. The molecule has 5 heteroatoms. The molecule has 4 nitrogen and oxygen atoms in total. The summed E-state index contributed by atoms with van der Waals surface area (Å²) in [4.78, 5) is 16.5. The molecule has 2 fully saturated rings. The fourth-order valence-corrected chi connectivity index (χ4v) is 8.16. The summed E-state index contributed by atoms with van der Waals surface area (Å²) in [5.74, 6) is 0.991. The first-order valence-corrected chi connectivity index (χ1v) is 17.3. The van der Waals surface area contributed by atoms with Gasteiger partial charge in [-0.3, -0.25) is 4.79 Å². The van der Waals surface area contributed by atoms with Crippen LogP contribution in [0.25, 0.3) is 76.3 Å². The molecular formula is C44H36IrNO3-. The van der Waals surface area contributed by atoms with E-state index in [1.165, 1.54) is 64.1 Å². The number of nitrogens with zero attached hydrogens (tertiary/aromatic N) is 1. The van der Waals surface area contributed by atoms with Gasteiger partial charge in [-0.15, -0.1) is 17.7 Å². The molecule has 0 bridgehead atoms. The van der Waals surface area contributed by atoms with Gasteiger partial charge in [-0.1, -0.05) is 110 Å². The second kappa shape index (κ2) is 13.0. The minimum atomic E-state index is 0. The number of rotatable bonds is 4. The molecular weight excluding hydrogens is 783 g/mol. The SMILES string of the molecule is O=C(/C=C(\O)C1CCCC1)C1CCCC1.[Ir].[c-]1cc2c(cc1-c1cc3ccccc3cn1)oc1c2cc2ccc3cccc4ccc1c2c34. The molecule has 2 heterocycles. The maximum absolute atomic E-state index is 11.8. The number of aliphatic hydroxyl groups is 1. The number of aromatic nitrogens is 1. The zero-order chi connectivity index (χ0) is 32.2. The van der Waals surface area contributed by atoms with Crippen LogP contribution in [0.5, 0.6) is 0 Å². The van der Waals surface area contributed by atoms with E-state index in [1.807, 2.05) is 18.3 Å². The number of pyridine rings is 1. The number of aliphatic hydroxyl groups excluding tert-OH is 1. The number of ketones is 1. The van der Waals surface area contributed by atoms with Crippen LogP contribution in [0.3, 0.4) is 0 Å². The Bertz CT molecular complexity index is 2500. The van der Waals surface area contributed by atoms with Crippen LogP contribution in [0.1, 0.15) is 51.4 Å². The van der Waals surface area contributed by atoms with Crippen molar-refractivity contribution in [2.75, 3.05) is 0 Å². The Morgan fingerprint density at radius 2 is 1.39 bits per heavy atom. The van der Waals surface area contributed by atoms with E-state index >= 15 is 0 Å². The summed E-state index contributed by atoms with van der Waals surface area (Å²) in [5, 5.41) is 21.8. The van der Waals surface area contributed by atoms with E-state index in [0.717, 1.165) is 69.7 Å². The third-order valence-corrected chi connectivity index (χ3v) is 10.7. The first kappa shape index (κ1) is 31.7. The molecule has 0 spiro atoms. The largest absolute Gasteiger partial charge is 0.512 e. The van der Waals surface area contributed by atoms with Crippen molar-refractivity contribution in [2.24, 2.45) is 11.8 Å². The average Bonchev–Trinajstić information content (AvgIpc) is 3.93. The van der Waals surface area contributed by atoms with E-state index in [9.17, 15) is 9.90 Å². The molecule has 8 aromatic rings. The molecule has 0 unspecified atom stereocenters. The summed E-state index contributed by atoms with van der Waals surface area (Å²) in [6, 6.07) is 35.6. The van der Waals surface area contributed by atoms with Crippen LogP contribution in [0.15, 0.2) is 113 Å². The van der Waals surface area contributed by atoms with E-state index in [0.29, 0.717) is 5.76 Å². The maximum Gasteiger partial charge on any atom is 0.162 e. The summed E-state index contributed by atoms with van der Waals surface area (Å²) < 4.78 is 6.51. The number of carbonyl (C=O) groups is 1. The molecule has 49 heavy (non-hydrogen) atoms. The van der Waals surface area contributed by atoms with Gasteiger partial charge in [-0.2, -0.15) is 0 Å². The van der Waals surface area contributed by atoms with Crippen LogP contribution in [0, 0.1) is 17.9 Å². The predicted molar refractivity (Wildman–Crippen MR) is 197 cm³/mol. The van der Waals surface area contributed by atoms with Crippen molar-refractivity contribution >= 4 is 70.8 Å². The number of fused-ring (bicyclic) bond motifs is 5. The maximum atomic E-state index is 11.8. The molecule has 2 aliphatic rings. The van der Waals surface area contributed by atoms with E-state index in [2.05, 4.69) is 89.9 Å². The molecule has 0 saturated heterocycles. The van der Waals surface area contributed by atoms with Crippen LogP contribution in [-0.4, -0.2) is 15.9 Å². The topological polar surface area (TPSA) is 63.3 Å². The number of furan rings is 1. The summed E-state index contributed by atoms with van der Waals surface area (Å²) in [6.45, 7) is 0. The molecule has 2 saturated carbocycles. The molecule has 0 aliphatic heterocycles. The van der Waals surface area contributed by atoms with E-state index in [4.69, 9.17) is 4.42 Å². The van der Waals surface area contributed by atoms with Gasteiger partial charge in [0, 0.05) is 55.0 Å². The van der Waals surface area contributed by atoms with Crippen LogP contribution < -0.4 is 0 Å². The molecule has 245 valence electrons. The van der Waals surface area contributed by atoms with Crippen LogP contribution in [0.2, 0.25) is 0 Å². The van der Waals surface area contributed by atoms with Crippen LogP contribution >= 0.6 is 0 Å². The third kappa shape index (κ3) is 5.69. The number of hydrogen-bond donors (Lipinski definition) is 1. The number of allylic oxidation sites excluding steroid dienone is 2. The molecule has 1 radical (unpaired) electrons. The van der Waals surface area contributed by atoms with Crippen molar-refractivity contribution < 1.29 is 34.4 Å². The van der Waals surface area contributed by atoms with Gasteiger partial charge >= 0.3 is 0 Å². The van der Waals surface area contributed by atoms with E-state index in [-0.39, 0.29) is 37.7 Å². The van der Waals surface area contributed by atoms with Crippen molar-refractivity contribution in [3.05, 3.63) is 115 Å². The smallest absolute Gasteiger partial charge is 0.162 e. The Hall–Kier alpha value is -4.57. The fourth-order valence-electron chi connectivity index (χ4n) is 8.16. The minimum Gasteiger partial charge on any atom is -0.512 e. The Morgan fingerprint density at radius 3 is 2.16 bits per heavy atom. The average molecular weight is 819 g/mol. The van der Waals surface area contributed by atoms with Crippen LogP contribution in [0.4, 0.5) is 0 Å². The fraction of sp³-hybridized carbons (Fsp3) is 0.227. The van der Waals surface area contributed by atoms with Gasteiger partial charge in [0.2, 0.25) is 0 Å². The monoisotopic (exact) mass is 819 g/mol. The number of benzene rings is 6. The summed E-state index contributed by atoms with van der Waals surface area (Å²) >= 11 is 0. The Kier molecular flexibility index (Phi) is 8.43. The first-order chi connectivity index (χ1) is 23.6. The minimum absolute atomic E-state index is 0. The molecule has 10 rings (SSSR count). The van der Waals surface area contributed by atoms with Gasteiger partial charge in [0.15, 0.2) is 5.78 Å². The quantitative estimate of drug-likeness (QED) is 0.0831. The Balaban J connectivity index is 0.000000185. The number of carbonyl (C=O) groups excluding carboxylic acids is 1. The van der Waals surface area contributed by atoms with Gasteiger partial charge in [0.1, 0.15) is 5.58 Å². The van der Waals surface area contributed by atoms with Crippen molar-refractivity contribution in [3.8, 4) is 11.3 Å². The second-order valence-electron chi connectivity index (χ2n) is 13.7. The molecule has 2 aromatic heterocycles. The second-order valence-corrected chi connectivity index (χ2v) is 13.7. The third-order valence-electron chi connectivity index (χ3n) is 10.7. The van der Waals surface area contributed by atoms with Gasteiger partial charge < -0.3 is 14.5 Å². The van der Waals surface area contributed by atoms with Crippen molar-refractivity contribution in [2.45, 2.75) is 51.4 Å². The normalized spacial score (nSPS) is 15.9. The summed E-state index contributed by atoms with van der Waals surface area (Å²) in [5.41, 5.74) is 3.64. The van der Waals surface area contributed by atoms with Gasteiger partial charge in [-0.05, 0) is 75.1 Å². The Labute approximate surface area is 298 Å². The van der Waals surface area contributed by atoms with Crippen molar-refractivity contribution in [1.82, 2.24) is 4.98 Å². The van der Waals surface area contributed by atoms with Gasteiger partial charge in [0.25, 0.3) is 0 Å². The van der Waals surface area contributed by atoms with E-state index < -0.39 is 0 Å². The molecule has 1 N–H and O–H groups in total. The molecule has 2 aliphatic carbocycles. The van der Waals surface area contributed by atoms with Gasteiger partial charge in [-0.25, -0.2) is 0 Å². The summed E-state index contributed by atoms with van der Waals surface area (Å²) in [7, 11) is 0. The molecule has 0 amide bonds. The zero-order valence-electron chi connectivity index (χ0n) is 27.2. The van der Waals surface area contributed by atoms with E-state index in [1.54, 1.807) is 0 Å². The Morgan fingerprint density at radius 1 is 0.714 bits per heavy atom. The van der Waals surface area contributed by atoms with Crippen molar-refractivity contribution in [1.29, 1.82) is 0 Å². The van der Waals surface area contributed by atoms with Crippen molar-refractivity contribution in [3.63, 3.8) is 0 Å². The van der Waals surface area contributed by atoms with Gasteiger partial charge in [0.05, 0.1) is 11.3 Å². The standard InChI is InChI=1S/C31H16NO.C13H20O2.Ir/c1-2-5-23-17-32-27(15-20(23)4-1)21-11-12-24-26-14-22-9-8-18-6-3-7-19-10-13-25(30(22)29(18)19)31(26)33-28(24)16-21;14-12(10-5-1-2-6-10)9-13(15)11-7-3-4-8-11;/h1-10,12-17H;9-11,14H,1-8H2;/q-1;;/b;12-9-;. The van der Waals surface area contributed by atoms with Crippen LogP contribution in [-0.2, 0) is 24.9 Å². The first-order valence-electron chi connectivity index (χ1n) is 17.3. The summed E-state index contributed by atoms with van der Waals surface area (Å²) in [6.07, 6.45) is 12.3. The zero-order valence-corrected chi connectivity index (χ0v) is 29.6. The number of hydrogen-bond acceptors (Lipinski definition) is 4. The molecule has 0 atom stereocenters. The molecule has 6 aromatic carbocycles.